The molecule has 2 unspecified atom stereocenters. The third-order valence-electron chi connectivity index (χ3n) is 10.7. The highest BCUT2D eigenvalue weighted by Gasteiger charge is 2.51. The number of hydrogen-bond donors (Lipinski definition) is 4. The first-order valence-corrected chi connectivity index (χ1v) is 17.6. The Kier molecular flexibility index (Phi) is 13.9. The number of aliphatic hydroxyl groups excluding tert-OH is 2. The number of ether oxygens (including phenoxy) is 5. The summed E-state index contributed by atoms with van der Waals surface area (Å²) in [7, 11) is 3.75. The van der Waals surface area contributed by atoms with Gasteiger partial charge in [0.15, 0.2) is 18.4 Å². The van der Waals surface area contributed by atoms with Gasteiger partial charge in [-0.05, 0) is 86.4 Å². The van der Waals surface area contributed by atoms with Crippen molar-refractivity contribution >= 4 is 11.8 Å². The molecule has 12 heteroatoms. The van der Waals surface area contributed by atoms with E-state index in [-0.39, 0.29) is 36.7 Å². The average molecular weight is 686 g/mol. The van der Waals surface area contributed by atoms with Gasteiger partial charge >= 0.3 is 5.97 Å². The van der Waals surface area contributed by atoms with Crippen LogP contribution in [-0.2, 0) is 33.3 Å². The average Bonchev–Trinajstić information content (AvgIpc) is 2.98. The van der Waals surface area contributed by atoms with Crippen molar-refractivity contribution in [3.8, 4) is 0 Å². The lowest BCUT2D eigenvalue weighted by Gasteiger charge is -2.48. The van der Waals surface area contributed by atoms with Crippen LogP contribution in [0.25, 0.3) is 0 Å². The van der Waals surface area contributed by atoms with Crippen LogP contribution in [0.5, 0.6) is 0 Å². The number of aliphatic hydroxyl groups is 4. The first-order chi connectivity index (χ1) is 22.1. The Hall–Kier alpha value is -1.48. The Bertz CT molecular complexity index is 1130. The minimum absolute atomic E-state index is 0.0812. The molecule has 12 nitrogen and oxygen atoms in total. The number of hydrogen-bond acceptors (Lipinski definition) is 12. The molecule has 3 aliphatic heterocycles. The van der Waals surface area contributed by atoms with Gasteiger partial charge in [-0.25, -0.2) is 0 Å². The van der Waals surface area contributed by atoms with Crippen LogP contribution in [0.15, 0.2) is 11.6 Å². The van der Waals surface area contributed by atoms with Gasteiger partial charge in [-0.1, -0.05) is 33.8 Å². The molecule has 2 saturated heterocycles. The Morgan fingerprint density at radius 2 is 1.56 bits per heavy atom. The fourth-order valence-corrected chi connectivity index (χ4v) is 7.88. The van der Waals surface area contributed by atoms with Crippen LogP contribution in [0.4, 0.5) is 0 Å². The summed E-state index contributed by atoms with van der Waals surface area (Å²) in [5, 5.41) is 45.3. The number of nitrogens with zero attached hydrogens (tertiary/aromatic N) is 1. The second kappa shape index (κ2) is 16.2. The van der Waals surface area contributed by atoms with Crippen LogP contribution < -0.4 is 0 Å². The van der Waals surface area contributed by atoms with Gasteiger partial charge < -0.3 is 49.0 Å². The number of carbonyl (C=O) groups is 2. The van der Waals surface area contributed by atoms with Crippen molar-refractivity contribution in [3.05, 3.63) is 11.6 Å². The van der Waals surface area contributed by atoms with E-state index in [2.05, 4.69) is 0 Å². The Morgan fingerprint density at radius 1 is 0.938 bits per heavy atom. The summed E-state index contributed by atoms with van der Waals surface area (Å²) in [5.74, 6) is -3.29. The third kappa shape index (κ3) is 9.44. The van der Waals surface area contributed by atoms with Crippen molar-refractivity contribution in [2.45, 2.75) is 167 Å². The van der Waals surface area contributed by atoms with E-state index >= 15 is 0 Å². The molecule has 0 bridgehead atoms. The number of cyclic esters (lactones) is 1. The topological polar surface area (TPSA) is 164 Å². The zero-order valence-corrected chi connectivity index (χ0v) is 31.1. The van der Waals surface area contributed by atoms with Crippen molar-refractivity contribution in [1.82, 2.24) is 4.90 Å². The zero-order chi connectivity index (χ0) is 36.5. The maximum Gasteiger partial charge on any atom is 0.311 e. The van der Waals surface area contributed by atoms with E-state index in [9.17, 15) is 30.0 Å². The predicted octanol–water partition coefficient (Wildman–Crippen LogP) is 2.97. The first kappa shape index (κ1) is 40.9. The second-order valence-corrected chi connectivity index (χ2v) is 15.6. The highest BCUT2D eigenvalue weighted by atomic mass is 16.7. The number of rotatable bonds is 6. The van der Waals surface area contributed by atoms with E-state index in [0.717, 1.165) is 0 Å². The Morgan fingerprint density at radius 3 is 2.12 bits per heavy atom. The number of ketones is 1. The van der Waals surface area contributed by atoms with Crippen LogP contribution >= 0.6 is 0 Å². The van der Waals surface area contributed by atoms with Gasteiger partial charge in [0.25, 0.3) is 0 Å². The van der Waals surface area contributed by atoms with Crippen LogP contribution in [0, 0.1) is 23.7 Å². The fraction of sp³-hybridized carbons (Fsp3) is 0.889. The smallest absolute Gasteiger partial charge is 0.311 e. The summed E-state index contributed by atoms with van der Waals surface area (Å²) >= 11 is 0. The third-order valence-corrected chi connectivity index (χ3v) is 10.7. The Labute approximate surface area is 287 Å². The second-order valence-electron chi connectivity index (χ2n) is 15.6. The molecule has 278 valence electrons. The van der Waals surface area contributed by atoms with E-state index in [4.69, 9.17) is 23.7 Å². The van der Waals surface area contributed by atoms with Gasteiger partial charge in [0.2, 0.25) is 0 Å². The Balaban J connectivity index is 2.14. The predicted molar refractivity (Wildman–Crippen MR) is 179 cm³/mol. The molecule has 0 saturated carbocycles. The number of likely N-dealkylation sites (N-methyl/N-ethyl adjacent to an activating group) is 1. The van der Waals surface area contributed by atoms with Crippen LogP contribution in [0.2, 0.25) is 0 Å². The molecule has 3 aliphatic rings. The quantitative estimate of drug-likeness (QED) is 0.303. The summed E-state index contributed by atoms with van der Waals surface area (Å²) in [6.07, 6.45) is -5.18. The number of Topliss-reactive ketones (excluding diaryl/α,β-unsaturated/α-hetero) is 1. The first-order valence-electron chi connectivity index (χ1n) is 17.6. The van der Waals surface area contributed by atoms with E-state index in [0.29, 0.717) is 18.4 Å². The summed E-state index contributed by atoms with van der Waals surface area (Å²) in [6, 6.07) is -0.271. The maximum absolute atomic E-state index is 13.9. The van der Waals surface area contributed by atoms with E-state index in [1.165, 1.54) is 6.92 Å². The number of carbonyl (C=O) groups excluding carboxylic acids is 2. The van der Waals surface area contributed by atoms with Gasteiger partial charge in [-0.3, -0.25) is 9.59 Å². The summed E-state index contributed by atoms with van der Waals surface area (Å²) in [6.45, 7) is 17.4. The van der Waals surface area contributed by atoms with E-state index in [1.807, 2.05) is 45.8 Å². The SMILES string of the molecule is CCC1OC(=O)[C@H](C)C(O[C@H]2C[C@@](C)(O)[C@@H](O)[C@H](C)O2)[C@H](C)[C@@H](O[C@@H]2O[C@H](C)C[C@H](N(C)C)[C@H]2O)[C@](C)(O)C[C@@H](C)/C=C(\C)C(=O)[C@H]1C. The van der Waals surface area contributed by atoms with Crippen LogP contribution in [-0.4, -0.2) is 124 Å². The molecule has 0 spiro atoms. The molecule has 0 aromatic heterocycles. The molecule has 2 fully saturated rings. The van der Waals surface area contributed by atoms with Crippen molar-refractivity contribution in [2.24, 2.45) is 23.7 Å². The summed E-state index contributed by atoms with van der Waals surface area (Å²) in [4.78, 5) is 29.3. The maximum atomic E-state index is 13.9. The minimum Gasteiger partial charge on any atom is -0.461 e. The van der Waals surface area contributed by atoms with Crippen molar-refractivity contribution in [3.63, 3.8) is 0 Å². The van der Waals surface area contributed by atoms with Gasteiger partial charge in [0.1, 0.15) is 18.3 Å². The molecule has 48 heavy (non-hydrogen) atoms. The highest BCUT2D eigenvalue weighted by Crippen LogP contribution is 2.39. The van der Waals surface area contributed by atoms with Gasteiger partial charge in [-0.15, -0.1) is 0 Å². The van der Waals surface area contributed by atoms with Crippen LogP contribution in [0.1, 0.15) is 94.9 Å². The molecule has 4 N–H and O–H groups in total. The fourth-order valence-electron chi connectivity index (χ4n) is 7.88. The molecule has 3 rings (SSSR count). The van der Waals surface area contributed by atoms with Gasteiger partial charge in [0.05, 0.1) is 47.5 Å². The molecule has 0 aliphatic carbocycles. The van der Waals surface area contributed by atoms with E-state index in [1.54, 1.807) is 41.5 Å². The largest absolute Gasteiger partial charge is 0.461 e. The van der Waals surface area contributed by atoms with Crippen molar-refractivity contribution in [1.29, 1.82) is 0 Å². The van der Waals surface area contributed by atoms with Crippen molar-refractivity contribution < 1.29 is 53.7 Å². The molecule has 0 radical (unpaired) electrons. The van der Waals surface area contributed by atoms with Crippen LogP contribution in [0.3, 0.4) is 0 Å². The molecule has 0 aromatic carbocycles. The molecular weight excluding hydrogens is 622 g/mol. The molecule has 16 atom stereocenters. The lowest BCUT2D eigenvalue weighted by Crippen LogP contribution is -2.60. The lowest BCUT2D eigenvalue weighted by atomic mass is 9.77. The molecule has 0 aromatic rings. The number of esters is 1. The zero-order valence-electron chi connectivity index (χ0n) is 31.1. The molecule has 3 heterocycles. The van der Waals surface area contributed by atoms with Crippen molar-refractivity contribution in [2.75, 3.05) is 14.1 Å². The van der Waals surface area contributed by atoms with Gasteiger partial charge in [-0.2, -0.15) is 0 Å². The summed E-state index contributed by atoms with van der Waals surface area (Å²) in [5.41, 5.74) is -2.59. The lowest BCUT2D eigenvalue weighted by molar-refractivity contribution is -0.316. The van der Waals surface area contributed by atoms with Gasteiger partial charge in [0, 0.05) is 18.4 Å². The molecule has 0 amide bonds. The minimum atomic E-state index is -1.58. The monoisotopic (exact) mass is 685 g/mol. The normalized spacial score (nSPS) is 48.4. The standard InChI is InChI=1S/C36H63NO11/c1-13-26-21(5)28(38)19(3)14-18(2)16-36(10,43)32(48-34-29(39)25(37(11)12)15-20(4)44-34)22(6)30(23(7)33(41)46-26)47-27-17-35(9,42)31(40)24(8)45-27/h14,18,20-27,29-32,34,39-40,42-43H,13,15-17H2,1-12H3/b19-14+/t18-,20+,21-,22-,23+,24-,25-,26?,27-,29+,30?,31-,32+,34-,35+,36+/m0/s1. The highest BCUT2D eigenvalue weighted by molar-refractivity contribution is 5.97. The summed E-state index contributed by atoms with van der Waals surface area (Å²) < 4.78 is 31.3. The molecular formula is C36H63NO11. The number of allylic oxidation sites excluding steroid dienone is 2. The van der Waals surface area contributed by atoms with E-state index < -0.39 is 84.1 Å².